The first-order valence-corrected chi connectivity index (χ1v) is 14.1. The Kier molecular flexibility index (Phi) is 8.62. The fourth-order valence-electron chi connectivity index (χ4n) is 2.52. The van der Waals surface area contributed by atoms with E-state index in [1.807, 2.05) is 41.5 Å². The van der Waals surface area contributed by atoms with Gasteiger partial charge in [-0.25, -0.2) is 9.59 Å². The molecule has 0 aliphatic heterocycles. The lowest BCUT2D eigenvalue weighted by Gasteiger charge is -2.35. The summed E-state index contributed by atoms with van der Waals surface area (Å²) in [5.74, 6) is -0.0837. The molecule has 0 aromatic carbocycles. The fourth-order valence-corrected chi connectivity index (χ4v) is 3.45. The quantitative estimate of drug-likeness (QED) is 0.425. The first kappa shape index (κ1) is 28.0. The van der Waals surface area contributed by atoms with Crippen LogP contribution >= 0.6 is 0 Å². The molecule has 9 heteroatoms. The largest absolute Gasteiger partial charge is 0.530 e. The van der Waals surface area contributed by atoms with Crippen molar-refractivity contribution in [3.05, 3.63) is 11.8 Å². The monoisotopic (exact) mass is 469 g/mol. The number of esters is 1. The van der Waals surface area contributed by atoms with Crippen molar-refractivity contribution >= 4 is 20.4 Å². The number of carbonyl (C=O) groups excluding carboxylic acids is 2. The summed E-state index contributed by atoms with van der Waals surface area (Å²) in [6.07, 6.45) is -0.514. The summed E-state index contributed by atoms with van der Waals surface area (Å²) in [4.78, 5) is 25.1. The number of hydrogen-bond donors (Lipinski definition) is 1. The average Bonchev–Trinajstić information content (AvgIpc) is 2.92. The molecular weight excluding hydrogens is 426 g/mol. The number of hydrogen-bond acceptors (Lipinski definition) is 6. The van der Waals surface area contributed by atoms with E-state index in [1.54, 1.807) is 17.7 Å². The number of amides is 1. The third kappa shape index (κ3) is 8.15. The van der Waals surface area contributed by atoms with Gasteiger partial charge in [0.15, 0.2) is 0 Å². The summed E-state index contributed by atoms with van der Waals surface area (Å²) in [7, 11) is -2.16. The van der Waals surface area contributed by atoms with Gasteiger partial charge < -0.3 is 19.2 Å². The molecule has 0 spiro atoms. The van der Waals surface area contributed by atoms with Crippen molar-refractivity contribution in [3.8, 4) is 5.88 Å². The second kappa shape index (κ2) is 9.85. The van der Waals surface area contributed by atoms with Crippen molar-refractivity contribution in [3.63, 3.8) is 0 Å². The Morgan fingerprint density at radius 1 is 1.09 bits per heavy atom. The van der Waals surface area contributed by atoms with E-state index in [4.69, 9.17) is 13.9 Å². The highest BCUT2D eigenvalue weighted by molar-refractivity contribution is 6.74. The minimum absolute atomic E-state index is 0.0207. The lowest BCUT2D eigenvalue weighted by Crippen LogP contribution is -2.48. The van der Waals surface area contributed by atoms with Crippen LogP contribution in [0.4, 0.5) is 4.79 Å². The molecule has 0 saturated carbocycles. The molecule has 1 heterocycles. The minimum Gasteiger partial charge on any atom is -0.530 e. The second-order valence-electron chi connectivity index (χ2n) is 11.7. The lowest BCUT2D eigenvalue weighted by atomic mass is 9.86. The van der Waals surface area contributed by atoms with Crippen molar-refractivity contribution in [1.29, 1.82) is 0 Å². The standard InChI is InChI=1S/C23H43N3O5Si/c1-13-29-19(27)16-14-18(31-32(11,12)23(8,9)10)25-26(16)15-17(21(2,3)4)24-20(28)30-22(5,6)7/h14,17H,13,15H2,1-12H3,(H,24,28)/t17-/m0/s1. The van der Waals surface area contributed by atoms with Crippen LogP contribution in [0.5, 0.6) is 5.88 Å². The zero-order valence-corrected chi connectivity index (χ0v) is 23.0. The Bertz CT molecular complexity index is 798. The van der Waals surface area contributed by atoms with Crippen molar-refractivity contribution < 1.29 is 23.5 Å². The van der Waals surface area contributed by atoms with E-state index in [-0.39, 0.29) is 29.6 Å². The first-order valence-electron chi connectivity index (χ1n) is 11.2. The molecule has 0 fully saturated rings. The summed E-state index contributed by atoms with van der Waals surface area (Å²) < 4.78 is 18.6. The number of rotatable bonds is 7. The van der Waals surface area contributed by atoms with Crippen LogP contribution < -0.4 is 9.74 Å². The highest BCUT2D eigenvalue weighted by Crippen LogP contribution is 2.37. The summed E-state index contributed by atoms with van der Waals surface area (Å²) in [5, 5.41) is 7.50. The molecule has 0 saturated heterocycles. The number of carbonyl (C=O) groups is 2. The number of ether oxygens (including phenoxy) is 2. The Balaban J connectivity index is 3.29. The Morgan fingerprint density at radius 3 is 2.09 bits per heavy atom. The van der Waals surface area contributed by atoms with Gasteiger partial charge in [-0.1, -0.05) is 41.5 Å². The Hall–Kier alpha value is -2.03. The normalized spacial score (nSPS) is 14.0. The molecule has 0 bridgehead atoms. The molecule has 1 aromatic heterocycles. The highest BCUT2D eigenvalue weighted by atomic mass is 28.4. The average molecular weight is 470 g/mol. The van der Waals surface area contributed by atoms with Crippen LogP contribution in [-0.4, -0.2) is 48.4 Å². The fraction of sp³-hybridized carbons (Fsp3) is 0.783. The van der Waals surface area contributed by atoms with Gasteiger partial charge in [-0.3, -0.25) is 4.68 Å². The molecule has 8 nitrogen and oxygen atoms in total. The van der Waals surface area contributed by atoms with Crippen LogP contribution in [0.15, 0.2) is 6.07 Å². The number of nitrogens with one attached hydrogen (secondary N) is 1. The van der Waals surface area contributed by atoms with Gasteiger partial charge in [0, 0.05) is 6.07 Å². The van der Waals surface area contributed by atoms with E-state index in [0.717, 1.165) is 0 Å². The van der Waals surface area contributed by atoms with Crippen molar-refractivity contribution in [1.82, 2.24) is 15.1 Å². The Morgan fingerprint density at radius 2 is 1.66 bits per heavy atom. The van der Waals surface area contributed by atoms with E-state index in [1.165, 1.54) is 0 Å². The van der Waals surface area contributed by atoms with E-state index in [0.29, 0.717) is 11.6 Å². The predicted octanol–water partition coefficient (Wildman–Crippen LogP) is 5.38. The lowest BCUT2D eigenvalue weighted by molar-refractivity contribution is 0.0449. The van der Waals surface area contributed by atoms with Gasteiger partial charge in [0.05, 0.1) is 19.2 Å². The maximum atomic E-state index is 12.6. The van der Waals surface area contributed by atoms with Crippen LogP contribution in [0.1, 0.15) is 79.7 Å². The van der Waals surface area contributed by atoms with Crippen LogP contribution in [0.2, 0.25) is 18.1 Å². The predicted molar refractivity (Wildman–Crippen MR) is 129 cm³/mol. The van der Waals surface area contributed by atoms with Crippen molar-refractivity contribution in [2.45, 2.75) is 106 Å². The summed E-state index contributed by atoms with van der Waals surface area (Å²) >= 11 is 0. The van der Waals surface area contributed by atoms with Gasteiger partial charge in [-0.05, 0) is 51.2 Å². The van der Waals surface area contributed by atoms with E-state index in [2.05, 4.69) is 44.3 Å². The number of alkyl carbamates (subject to hydrolysis) is 1. The molecule has 0 aliphatic rings. The van der Waals surface area contributed by atoms with Crippen LogP contribution in [0.25, 0.3) is 0 Å². The molecule has 32 heavy (non-hydrogen) atoms. The first-order chi connectivity index (χ1) is 14.3. The van der Waals surface area contributed by atoms with E-state index >= 15 is 0 Å². The highest BCUT2D eigenvalue weighted by Gasteiger charge is 2.40. The third-order valence-electron chi connectivity index (χ3n) is 5.50. The van der Waals surface area contributed by atoms with Gasteiger partial charge >= 0.3 is 12.1 Å². The smallest absolute Gasteiger partial charge is 0.407 e. The topological polar surface area (TPSA) is 91.7 Å². The minimum atomic E-state index is -2.16. The zero-order chi connectivity index (χ0) is 25.1. The summed E-state index contributed by atoms with van der Waals surface area (Å²) in [6, 6.07) is 1.28. The van der Waals surface area contributed by atoms with E-state index in [9.17, 15) is 9.59 Å². The summed E-state index contributed by atoms with van der Waals surface area (Å²) in [5.41, 5.74) is -0.644. The Labute approximate surface area is 194 Å². The molecule has 1 N–H and O–H groups in total. The molecule has 0 unspecified atom stereocenters. The van der Waals surface area contributed by atoms with Crippen LogP contribution in [0, 0.1) is 5.41 Å². The molecule has 184 valence electrons. The molecule has 1 rings (SSSR count). The maximum absolute atomic E-state index is 12.6. The van der Waals surface area contributed by atoms with Gasteiger partial charge in [-0.15, -0.1) is 5.10 Å². The number of nitrogens with zero attached hydrogens (tertiary/aromatic N) is 2. The van der Waals surface area contributed by atoms with Gasteiger partial charge in [0.1, 0.15) is 11.3 Å². The van der Waals surface area contributed by atoms with Gasteiger partial charge in [-0.2, -0.15) is 0 Å². The zero-order valence-electron chi connectivity index (χ0n) is 22.0. The van der Waals surface area contributed by atoms with Gasteiger partial charge in [0.2, 0.25) is 5.88 Å². The molecule has 1 aromatic rings. The van der Waals surface area contributed by atoms with Crippen LogP contribution in [0.3, 0.4) is 0 Å². The molecule has 0 aliphatic carbocycles. The van der Waals surface area contributed by atoms with E-state index < -0.39 is 26.0 Å². The third-order valence-corrected chi connectivity index (χ3v) is 9.83. The summed E-state index contributed by atoms with van der Waals surface area (Å²) in [6.45, 7) is 24.4. The molecular formula is C23H43N3O5Si. The van der Waals surface area contributed by atoms with Crippen LogP contribution in [-0.2, 0) is 16.0 Å². The molecule has 1 amide bonds. The SMILES string of the molecule is CCOC(=O)c1cc(O[Si](C)(C)C(C)(C)C)nn1C[C@H](NC(=O)OC(C)(C)C)C(C)(C)C. The molecule has 0 radical (unpaired) electrons. The van der Waals surface area contributed by atoms with Crippen molar-refractivity contribution in [2.24, 2.45) is 5.41 Å². The van der Waals surface area contributed by atoms with Crippen molar-refractivity contribution in [2.75, 3.05) is 6.61 Å². The number of aromatic nitrogens is 2. The molecule has 1 atom stereocenters. The van der Waals surface area contributed by atoms with Gasteiger partial charge in [0.25, 0.3) is 8.32 Å². The maximum Gasteiger partial charge on any atom is 0.407 e. The second-order valence-corrected chi connectivity index (χ2v) is 16.4.